The summed E-state index contributed by atoms with van der Waals surface area (Å²) in [5, 5.41) is 9.21. The zero-order chi connectivity index (χ0) is 18.6. The minimum atomic E-state index is -0.0561. The van der Waals surface area contributed by atoms with Crippen molar-refractivity contribution >= 4 is 30.0 Å². The predicted molar refractivity (Wildman–Crippen MR) is 99.3 cm³/mol. The van der Waals surface area contributed by atoms with E-state index in [0.29, 0.717) is 51.1 Å². The predicted octanol–water partition coefficient (Wildman–Crippen LogP) is 0.451. The third-order valence-corrected chi connectivity index (χ3v) is 5.91. The van der Waals surface area contributed by atoms with Gasteiger partial charge in [-0.15, -0.1) is 0 Å². The number of carbonyl (C=O) groups excluding carboxylic acids is 3. The number of carbonyl (C=O) groups is 3. The summed E-state index contributed by atoms with van der Waals surface area (Å²) in [5.74, 6) is 1.01. The number of hydrogen-bond donors (Lipinski definition) is 3. The van der Waals surface area contributed by atoms with Crippen LogP contribution in [0, 0.1) is 0 Å². The van der Waals surface area contributed by atoms with Crippen LogP contribution in [0.4, 0.5) is 4.79 Å². The van der Waals surface area contributed by atoms with E-state index in [1.165, 1.54) is 0 Å². The summed E-state index contributed by atoms with van der Waals surface area (Å²) in [6, 6.07) is 0.441. The number of amides is 3. The molecule has 3 atom stereocenters. The number of nitrogens with one attached hydrogen (secondary N) is 3. The van der Waals surface area contributed by atoms with Gasteiger partial charge in [0.1, 0.15) is 6.29 Å². The van der Waals surface area contributed by atoms with Gasteiger partial charge < -0.3 is 30.2 Å². The summed E-state index contributed by atoms with van der Waals surface area (Å²) >= 11 is 1.90. The Kier molecular flexibility index (Phi) is 9.80. The van der Waals surface area contributed by atoms with E-state index in [1.807, 2.05) is 11.8 Å². The van der Waals surface area contributed by atoms with Crippen LogP contribution < -0.4 is 16.0 Å². The van der Waals surface area contributed by atoms with Gasteiger partial charge in [0.15, 0.2) is 0 Å². The fourth-order valence-electron chi connectivity index (χ4n) is 3.08. The highest BCUT2D eigenvalue weighted by Crippen LogP contribution is 2.33. The van der Waals surface area contributed by atoms with Gasteiger partial charge in [0, 0.05) is 30.4 Å². The molecule has 0 spiro atoms. The molecule has 2 aliphatic heterocycles. The van der Waals surface area contributed by atoms with E-state index in [4.69, 9.17) is 9.47 Å². The first-order valence-corrected chi connectivity index (χ1v) is 10.3. The highest BCUT2D eigenvalue weighted by atomic mass is 32.2. The van der Waals surface area contributed by atoms with E-state index in [-0.39, 0.29) is 24.0 Å². The van der Waals surface area contributed by atoms with Gasteiger partial charge in [-0.25, -0.2) is 4.79 Å². The minimum Gasteiger partial charge on any atom is -0.379 e. The molecular formula is C17H29N3O5S. The van der Waals surface area contributed by atoms with Crippen LogP contribution in [0.15, 0.2) is 0 Å². The molecule has 0 aromatic rings. The Morgan fingerprint density at radius 2 is 2.00 bits per heavy atom. The Labute approximate surface area is 158 Å². The fraction of sp³-hybridized carbons (Fsp3) is 0.824. The molecule has 148 valence electrons. The van der Waals surface area contributed by atoms with Crippen molar-refractivity contribution in [2.24, 2.45) is 0 Å². The zero-order valence-electron chi connectivity index (χ0n) is 15.0. The Morgan fingerprint density at radius 1 is 1.19 bits per heavy atom. The van der Waals surface area contributed by atoms with Crippen molar-refractivity contribution in [1.29, 1.82) is 0 Å². The third kappa shape index (κ3) is 7.51. The molecular weight excluding hydrogens is 358 g/mol. The van der Waals surface area contributed by atoms with Crippen molar-refractivity contribution in [2.45, 2.75) is 49.4 Å². The van der Waals surface area contributed by atoms with Crippen LogP contribution in [0.2, 0.25) is 0 Å². The number of thioether (sulfide) groups is 1. The first kappa shape index (κ1) is 21.0. The molecule has 0 aromatic carbocycles. The molecule has 2 aliphatic rings. The molecule has 2 heterocycles. The Bertz CT molecular complexity index is 466. The maximum atomic E-state index is 11.8. The molecule has 0 aromatic heterocycles. The molecule has 0 aliphatic carbocycles. The Balaban J connectivity index is 1.39. The lowest BCUT2D eigenvalue weighted by Gasteiger charge is -2.16. The van der Waals surface area contributed by atoms with E-state index >= 15 is 0 Å². The van der Waals surface area contributed by atoms with Gasteiger partial charge in [-0.3, -0.25) is 4.79 Å². The molecule has 2 saturated heterocycles. The number of ether oxygens (including phenoxy) is 2. The zero-order valence-corrected chi connectivity index (χ0v) is 15.9. The molecule has 2 fully saturated rings. The van der Waals surface area contributed by atoms with Gasteiger partial charge in [-0.1, -0.05) is 6.42 Å². The Hall–Kier alpha value is -1.32. The van der Waals surface area contributed by atoms with Gasteiger partial charge in [0.05, 0.1) is 38.5 Å². The lowest BCUT2D eigenvalue weighted by atomic mass is 10.0. The van der Waals surface area contributed by atoms with Crippen molar-refractivity contribution in [2.75, 3.05) is 38.7 Å². The molecule has 9 heteroatoms. The molecule has 8 nitrogen and oxygen atoms in total. The smallest absolute Gasteiger partial charge is 0.315 e. The highest BCUT2D eigenvalue weighted by molar-refractivity contribution is 8.00. The van der Waals surface area contributed by atoms with Crippen LogP contribution in [-0.4, -0.2) is 74.3 Å². The number of hydrogen-bond acceptors (Lipinski definition) is 6. The van der Waals surface area contributed by atoms with Crippen LogP contribution in [0.5, 0.6) is 0 Å². The molecule has 3 amide bonds. The van der Waals surface area contributed by atoms with Gasteiger partial charge >= 0.3 is 6.03 Å². The second kappa shape index (κ2) is 12.1. The maximum absolute atomic E-state index is 11.8. The third-order valence-electron chi connectivity index (χ3n) is 4.40. The standard InChI is InChI=1S/C17H29N3O5S/c21-7-3-8-24-10-11-25-9-6-18-15(22)5-2-1-4-14-16-13(12-26-14)19-17(23)20-16/h7,13-14,16H,1-6,8-12H2,(H,18,22)(H2,19,20,23)/t13-,14-,16-/m0/s1. The van der Waals surface area contributed by atoms with E-state index in [2.05, 4.69) is 16.0 Å². The van der Waals surface area contributed by atoms with Gasteiger partial charge in [-0.05, 0) is 12.8 Å². The number of rotatable bonds is 14. The van der Waals surface area contributed by atoms with Crippen molar-refractivity contribution in [3.8, 4) is 0 Å². The fourth-order valence-corrected chi connectivity index (χ4v) is 4.62. The lowest BCUT2D eigenvalue weighted by molar-refractivity contribution is -0.121. The molecule has 0 unspecified atom stereocenters. The van der Waals surface area contributed by atoms with Gasteiger partial charge in [0.2, 0.25) is 5.91 Å². The number of unbranched alkanes of at least 4 members (excludes halogenated alkanes) is 1. The summed E-state index contributed by atoms with van der Waals surface area (Å²) < 4.78 is 10.5. The molecule has 2 rings (SSSR count). The summed E-state index contributed by atoms with van der Waals surface area (Å²) in [4.78, 5) is 33.2. The van der Waals surface area contributed by atoms with Crippen LogP contribution in [-0.2, 0) is 19.1 Å². The average Bonchev–Trinajstić information content (AvgIpc) is 3.16. The van der Waals surface area contributed by atoms with Crippen LogP contribution in [0.1, 0.15) is 32.1 Å². The second-order valence-corrected chi connectivity index (χ2v) is 7.67. The SMILES string of the molecule is O=CCCOCCOCCNC(=O)CCCC[C@@H]1SC[C@@H]2NC(=O)N[C@@H]21. The van der Waals surface area contributed by atoms with Crippen molar-refractivity contribution in [3.63, 3.8) is 0 Å². The summed E-state index contributed by atoms with van der Waals surface area (Å²) in [6.07, 6.45) is 4.61. The monoisotopic (exact) mass is 387 g/mol. The van der Waals surface area contributed by atoms with Gasteiger partial charge in [0.25, 0.3) is 0 Å². The molecule has 26 heavy (non-hydrogen) atoms. The summed E-state index contributed by atoms with van der Waals surface area (Å²) in [5.41, 5.74) is 0. The van der Waals surface area contributed by atoms with Gasteiger partial charge in [-0.2, -0.15) is 11.8 Å². The van der Waals surface area contributed by atoms with Crippen LogP contribution in [0.25, 0.3) is 0 Å². The normalized spacial score (nSPS) is 24.0. The highest BCUT2D eigenvalue weighted by Gasteiger charge is 2.42. The summed E-state index contributed by atoms with van der Waals surface area (Å²) in [6.45, 7) is 2.29. The topological polar surface area (TPSA) is 106 Å². The number of aldehydes is 1. The van der Waals surface area contributed by atoms with Crippen LogP contribution in [0.3, 0.4) is 0 Å². The Morgan fingerprint density at radius 3 is 2.81 bits per heavy atom. The summed E-state index contributed by atoms with van der Waals surface area (Å²) in [7, 11) is 0. The minimum absolute atomic E-state index is 0.0450. The molecule has 3 N–H and O–H groups in total. The maximum Gasteiger partial charge on any atom is 0.315 e. The second-order valence-electron chi connectivity index (χ2n) is 6.40. The largest absolute Gasteiger partial charge is 0.379 e. The average molecular weight is 388 g/mol. The lowest BCUT2D eigenvalue weighted by Crippen LogP contribution is -2.36. The first-order valence-electron chi connectivity index (χ1n) is 9.25. The van der Waals surface area contributed by atoms with Crippen LogP contribution >= 0.6 is 11.8 Å². The van der Waals surface area contributed by atoms with Crippen molar-refractivity contribution in [1.82, 2.24) is 16.0 Å². The van der Waals surface area contributed by atoms with Crippen molar-refractivity contribution < 1.29 is 23.9 Å². The van der Waals surface area contributed by atoms with E-state index < -0.39 is 0 Å². The molecule has 0 bridgehead atoms. The number of fused-ring (bicyclic) bond motifs is 1. The quantitative estimate of drug-likeness (QED) is 0.227. The first-order chi connectivity index (χ1) is 12.7. The van der Waals surface area contributed by atoms with Crippen molar-refractivity contribution in [3.05, 3.63) is 0 Å². The van der Waals surface area contributed by atoms with E-state index in [9.17, 15) is 14.4 Å². The molecule has 0 saturated carbocycles. The van der Waals surface area contributed by atoms with E-state index in [0.717, 1.165) is 31.3 Å². The molecule has 0 radical (unpaired) electrons. The number of urea groups is 1. The van der Waals surface area contributed by atoms with E-state index in [1.54, 1.807) is 0 Å².